The Bertz CT molecular complexity index is 368. The summed E-state index contributed by atoms with van der Waals surface area (Å²) in [6, 6.07) is 4.79. The van der Waals surface area contributed by atoms with E-state index in [1.165, 1.54) is 19.2 Å². The molecule has 0 unspecified atom stereocenters. The van der Waals surface area contributed by atoms with Crippen LogP contribution < -0.4 is 9.47 Å². The number of benzene rings is 1. The predicted molar refractivity (Wildman–Crippen MR) is 50.5 cm³/mol. The molecule has 1 aromatic rings. The van der Waals surface area contributed by atoms with Gasteiger partial charge in [-0.1, -0.05) is 0 Å². The fourth-order valence-corrected chi connectivity index (χ4v) is 1.12. The highest BCUT2D eigenvalue weighted by Crippen LogP contribution is 2.37. The van der Waals surface area contributed by atoms with E-state index in [1.807, 2.05) is 13.0 Å². The molecule has 4 heteroatoms. The summed E-state index contributed by atoms with van der Waals surface area (Å²) in [4.78, 5) is 0. The second-order valence-electron chi connectivity index (χ2n) is 2.57. The summed E-state index contributed by atoms with van der Waals surface area (Å²) in [6.45, 7) is 2.26. The highest BCUT2D eigenvalue weighted by molar-refractivity contribution is 5.55. The van der Waals surface area contributed by atoms with E-state index in [4.69, 9.17) is 14.7 Å². The zero-order valence-electron chi connectivity index (χ0n) is 8.07. The summed E-state index contributed by atoms with van der Waals surface area (Å²) in [5, 5.41) is 18.1. The Morgan fingerprint density at radius 1 is 1.50 bits per heavy atom. The van der Waals surface area contributed by atoms with Gasteiger partial charge in [-0.2, -0.15) is 5.26 Å². The van der Waals surface area contributed by atoms with Crippen LogP contribution in [0.15, 0.2) is 12.1 Å². The van der Waals surface area contributed by atoms with E-state index in [0.29, 0.717) is 17.9 Å². The Balaban J connectivity index is 3.22. The Kier molecular flexibility index (Phi) is 3.19. The quantitative estimate of drug-likeness (QED) is 0.793. The average molecular weight is 193 g/mol. The van der Waals surface area contributed by atoms with Gasteiger partial charge in [0.2, 0.25) is 5.75 Å². The molecule has 0 saturated carbocycles. The van der Waals surface area contributed by atoms with Crippen molar-refractivity contribution in [2.75, 3.05) is 13.7 Å². The van der Waals surface area contributed by atoms with Crippen LogP contribution in [0.25, 0.3) is 0 Å². The van der Waals surface area contributed by atoms with Crippen molar-refractivity contribution in [3.63, 3.8) is 0 Å². The van der Waals surface area contributed by atoms with Crippen LogP contribution in [0.3, 0.4) is 0 Å². The molecule has 0 amide bonds. The summed E-state index contributed by atoms with van der Waals surface area (Å²) >= 11 is 0. The third kappa shape index (κ3) is 1.88. The van der Waals surface area contributed by atoms with Crippen molar-refractivity contribution < 1.29 is 14.6 Å². The van der Waals surface area contributed by atoms with Crippen LogP contribution in [0.2, 0.25) is 0 Å². The summed E-state index contributed by atoms with van der Waals surface area (Å²) in [6.07, 6.45) is 0. The maximum Gasteiger partial charge on any atom is 0.203 e. The van der Waals surface area contributed by atoms with Crippen molar-refractivity contribution in [1.29, 1.82) is 5.26 Å². The number of phenols is 1. The number of nitriles is 1. The number of rotatable bonds is 3. The van der Waals surface area contributed by atoms with Crippen LogP contribution in [-0.4, -0.2) is 18.8 Å². The van der Waals surface area contributed by atoms with Gasteiger partial charge in [-0.3, -0.25) is 0 Å². The molecule has 0 aliphatic carbocycles. The van der Waals surface area contributed by atoms with E-state index >= 15 is 0 Å². The van der Waals surface area contributed by atoms with E-state index in [-0.39, 0.29) is 11.5 Å². The SMILES string of the molecule is CCOc1cc(C#N)cc(O)c1OC. The molecule has 1 aromatic carbocycles. The molecule has 0 radical (unpaired) electrons. The first kappa shape index (κ1) is 10.2. The van der Waals surface area contributed by atoms with Gasteiger partial charge in [0.05, 0.1) is 25.3 Å². The smallest absolute Gasteiger partial charge is 0.203 e. The summed E-state index contributed by atoms with van der Waals surface area (Å²) < 4.78 is 10.2. The van der Waals surface area contributed by atoms with Crippen molar-refractivity contribution >= 4 is 0 Å². The number of hydrogen-bond acceptors (Lipinski definition) is 4. The lowest BCUT2D eigenvalue weighted by Crippen LogP contribution is -1.96. The molecule has 0 fully saturated rings. The Morgan fingerprint density at radius 3 is 2.71 bits per heavy atom. The van der Waals surface area contributed by atoms with Crippen LogP contribution >= 0.6 is 0 Å². The van der Waals surface area contributed by atoms with Crippen LogP contribution in [0, 0.1) is 11.3 Å². The molecule has 0 aliphatic heterocycles. The van der Waals surface area contributed by atoms with Crippen molar-refractivity contribution in [1.82, 2.24) is 0 Å². The lowest BCUT2D eigenvalue weighted by Gasteiger charge is -2.10. The molecule has 74 valence electrons. The minimum atomic E-state index is -0.0880. The van der Waals surface area contributed by atoms with Crippen LogP contribution in [0.1, 0.15) is 12.5 Å². The standard InChI is InChI=1S/C10H11NO3/c1-3-14-9-5-7(6-11)4-8(12)10(9)13-2/h4-5,12H,3H2,1-2H3. The van der Waals surface area contributed by atoms with Crippen molar-refractivity contribution in [2.45, 2.75) is 6.92 Å². The van der Waals surface area contributed by atoms with Gasteiger partial charge in [0.25, 0.3) is 0 Å². The molecule has 0 aliphatic rings. The summed E-state index contributed by atoms with van der Waals surface area (Å²) in [7, 11) is 1.43. The van der Waals surface area contributed by atoms with Gasteiger partial charge in [0, 0.05) is 12.1 Å². The molecular weight excluding hydrogens is 182 g/mol. The lowest BCUT2D eigenvalue weighted by molar-refractivity contribution is 0.300. The molecule has 0 bridgehead atoms. The lowest BCUT2D eigenvalue weighted by atomic mass is 10.2. The molecule has 14 heavy (non-hydrogen) atoms. The zero-order valence-corrected chi connectivity index (χ0v) is 8.07. The predicted octanol–water partition coefficient (Wildman–Crippen LogP) is 1.67. The molecule has 1 rings (SSSR count). The minimum absolute atomic E-state index is 0.0880. The Hall–Kier alpha value is -1.89. The molecule has 0 atom stereocenters. The van der Waals surface area contributed by atoms with Gasteiger partial charge in [-0.05, 0) is 6.92 Å². The van der Waals surface area contributed by atoms with Crippen molar-refractivity contribution in [3.05, 3.63) is 17.7 Å². The van der Waals surface area contributed by atoms with E-state index in [1.54, 1.807) is 0 Å². The van der Waals surface area contributed by atoms with Crippen LogP contribution in [0.5, 0.6) is 17.2 Å². The van der Waals surface area contributed by atoms with Gasteiger partial charge in [0.1, 0.15) is 0 Å². The molecular formula is C10H11NO3. The number of nitrogens with zero attached hydrogens (tertiary/aromatic N) is 1. The first-order chi connectivity index (χ1) is 6.72. The minimum Gasteiger partial charge on any atom is -0.504 e. The van der Waals surface area contributed by atoms with E-state index in [0.717, 1.165) is 0 Å². The van der Waals surface area contributed by atoms with Crippen molar-refractivity contribution in [3.8, 4) is 23.3 Å². The van der Waals surface area contributed by atoms with Gasteiger partial charge >= 0.3 is 0 Å². The van der Waals surface area contributed by atoms with E-state index < -0.39 is 0 Å². The summed E-state index contributed by atoms with van der Waals surface area (Å²) in [5.74, 6) is 0.549. The van der Waals surface area contributed by atoms with Crippen LogP contribution in [0.4, 0.5) is 0 Å². The third-order valence-corrected chi connectivity index (χ3v) is 1.67. The monoisotopic (exact) mass is 193 g/mol. The molecule has 0 saturated heterocycles. The van der Waals surface area contributed by atoms with Gasteiger partial charge in [-0.15, -0.1) is 0 Å². The van der Waals surface area contributed by atoms with Crippen molar-refractivity contribution in [2.24, 2.45) is 0 Å². The second-order valence-corrected chi connectivity index (χ2v) is 2.57. The number of aromatic hydroxyl groups is 1. The first-order valence-corrected chi connectivity index (χ1v) is 4.16. The molecule has 0 heterocycles. The Labute approximate surface area is 82.3 Å². The fourth-order valence-electron chi connectivity index (χ4n) is 1.12. The maximum atomic E-state index is 9.47. The number of ether oxygens (including phenoxy) is 2. The maximum absolute atomic E-state index is 9.47. The van der Waals surface area contributed by atoms with Gasteiger partial charge < -0.3 is 14.6 Å². The summed E-state index contributed by atoms with van der Waals surface area (Å²) in [5.41, 5.74) is 0.340. The highest BCUT2D eigenvalue weighted by atomic mass is 16.5. The third-order valence-electron chi connectivity index (χ3n) is 1.67. The van der Waals surface area contributed by atoms with Gasteiger partial charge in [-0.25, -0.2) is 0 Å². The number of hydrogen-bond donors (Lipinski definition) is 1. The highest BCUT2D eigenvalue weighted by Gasteiger charge is 2.11. The van der Waals surface area contributed by atoms with Gasteiger partial charge in [0.15, 0.2) is 11.5 Å². The Morgan fingerprint density at radius 2 is 2.21 bits per heavy atom. The number of methoxy groups -OCH3 is 1. The van der Waals surface area contributed by atoms with E-state index in [9.17, 15) is 5.11 Å². The molecule has 0 spiro atoms. The fraction of sp³-hybridized carbons (Fsp3) is 0.300. The van der Waals surface area contributed by atoms with Crippen LogP contribution in [-0.2, 0) is 0 Å². The zero-order chi connectivity index (χ0) is 10.6. The molecule has 0 aromatic heterocycles. The van der Waals surface area contributed by atoms with E-state index in [2.05, 4.69) is 0 Å². The largest absolute Gasteiger partial charge is 0.504 e. The molecule has 4 nitrogen and oxygen atoms in total. The number of phenolic OH excluding ortho intramolecular Hbond substituents is 1. The first-order valence-electron chi connectivity index (χ1n) is 4.16. The topological polar surface area (TPSA) is 62.5 Å². The second kappa shape index (κ2) is 4.38. The molecule has 1 N–H and O–H groups in total. The normalized spacial score (nSPS) is 9.21. The average Bonchev–Trinajstić information content (AvgIpc) is 2.18.